The fourth-order valence-electron chi connectivity index (χ4n) is 12.0. The highest BCUT2D eigenvalue weighted by Gasteiger charge is 2.39. The molecule has 0 saturated carbocycles. The number of benzene rings is 10. The Balaban J connectivity index is 0.000000157. The van der Waals surface area contributed by atoms with Crippen molar-refractivity contribution in [2.75, 3.05) is 47.2 Å². The van der Waals surface area contributed by atoms with Crippen LogP contribution in [-0.2, 0) is 13.1 Å². The Labute approximate surface area is 492 Å². The molecule has 10 aromatic carbocycles. The van der Waals surface area contributed by atoms with Crippen molar-refractivity contribution in [1.29, 1.82) is 0 Å². The van der Waals surface area contributed by atoms with Gasteiger partial charge in [0.15, 0.2) is 0 Å². The number of para-hydroxylation sites is 2. The Morgan fingerprint density at radius 3 is 0.869 bits per heavy atom. The van der Waals surface area contributed by atoms with E-state index in [0.29, 0.717) is 26.4 Å². The summed E-state index contributed by atoms with van der Waals surface area (Å²) in [5.74, 6) is 5.34. The van der Waals surface area contributed by atoms with Gasteiger partial charge in [-0.2, -0.15) is 0 Å². The molecule has 412 valence electrons. The molecular weight excluding hydrogens is 1030 g/mol. The molecule has 4 heterocycles. The van der Waals surface area contributed by atoms with Gasteiger partial charge in [0.2, 0.25) is 0 Å². The van der Waals surface area contributed by atoms with Gasteiger partial charge in [0.05, 0.1) is 39.6 Å². The molecule has 0 fully saturated rings. The van der Waals surface area contributed by atoms with Crippen molar-refractivity contribution >= 4 is 22.7 Å². The fourth-order valence-corrected chi connectivity index (χ4v) is 12.0. The van der Waals surface area contributed by atoms with Crippen LogP contribution in [0.5, 0.6) is 11.5 Å². The van der Waals surface area contributed by atoms with Crippen LogP contribution in [0.2, 0.25) is 0 Å². The molecule has 0 aliphatic carbocycles. The van der Waals surface area contributed by atoms with Crippen molar-refractivity contribution in [1.82, 2.24) is 0 Å². The van der Waals surface area contributed by atoms with E-state index in [4.69, 9.17) is 18.3 Å². The molecule has 14 rings (SSSR count). The molecule has 8 heteroatoms. The van der Waals surface area contributed by atoms with E-state index in [1.807, 2.05) is 24.3 Å². The van der Waals surface area contributed by atoms with Crippen molar-refractivity contribution < 1.29 is 18.3 Å². The highest BCUT2D eigenvalue weighted by molar-refractivity contribution is 5.79. The van der Waals surface area contributed by atoms with Crippen molar-refractivity contribution in [2.24, 2.45) is 0 Å². The molecule has 0 saturated heterocycles. The van der Waals surface area contributed by atoms with Crippen LogP contribution in [-0.4, -0.2) is 27.6 Å². The van der Waals surface area contributed by atoms with Crippen LogP contribution >= 0.6 is 0 Å². The van der Waals surface area contributed by atoms with E-state index in [-0.39, 0.29) is 12.1 Å². The summed E-state index contributed by atoms with van der Waals surface area (Å²) in [5.41, 5.74) is 16.1. The molecule has 0 amide bonds. The third-order valence-electron chi connectivity index (χ3n) is 16.0. The molecule has 0 bridgehead atoms. The molecule has 8 nitrogen and oxygen atoms in total. The van der Waals surface area contributed by atoms with Gasteiger partial charge in [-0.05, 0) is 83.9 Å². The van der Waals surface area contributed by atoms with Gasteiger partial charge >= 0.3 is 0 Å². The van der Waals surface area contributed by atoms with E-state index in [9.17, 15) is 0 Å². The Morgan fingerprint density at radius 1 is 0.298 bits per heavy atom. The van der Waals surface area contributed by atoms with Gasteiger partial charge < -0.3 is 37.9 Å². The first kappa shape index (κ1) is 52.9. The van der Waals surface area contributed by atoms with Gasteiger partial charge in [-0.15, -0.1) is 0 Å². The summed E-state index contributed by atoms with van der Waals surface area (Å²) in [6.07, 6.45) is 0. The number of nitrogens with zero attached hydrogens (tertiary/aromatic N) is 4. The van der Waals surface area contributed by atoms with Crippen LogP contribution in [0, 0.1) is 0 Å². The zero-order valence-corrected chi connectivity index (χ0v) is 47.1. The molecule has 2 aliphatic heterocycles. The maximum absolute atomic E-state index is 6.98. The predicted molar refractivity (Wildman–Crippen MR) is 342 cm³/mol. The molecule has 0 spiro atoms. The lowest BCUT2D eigenvalue weighted by Crippen LogP contribution is -2.38. The average molecular weight is 1100 g/mol. The molecule has 12 aromatic rings. The van der Waals surface area contributed by atoms with Gasteiger partial charge in [-0.1, -0.05) is 218 Å². The summed E-state index contributed by atoms with van der Waals surface area (Å²) < 4.78 is 24.9. The van der Waals surface area contributed by atoms with Gasteiger partial charge in [-0.25, -0.2) is 0 Å². The number of ether oxygens (including phenoxy) is 2. The second-order valence-electron chi connectivity index (χ2n) is 21.1. The topological polar surface area (TPSA) is 57.7 Å². The summed E-state index contributed by atoms with van der Waals surface area (Å²) in [6, 6.07) is 102. The Morgan fingerprint density at radius 2 is 0.571 bits per heavy atom. The summed E-state index contributed by atoms with van der Waals surface area (Å²) in [4.78, 5) is 9.88. The van der Waals surface area contributed by atoms with Crippen molar-refractivity contribution in [3.8, 4) is 56.8 Å². The number of fused-ring (bicyclic) bond motifs is 2. The largest absolute Gasteiger partial charge is 0.497 e. The first-order valence-electron chi connectivity index (χ1n) is 28.6. The van der Waals surface area contributed by atoms with E-state index < -0.39 is 0 Å². The minimum absolute atomic E-state index is 0.0803. The molecule has 2 atom stereocenters. The lowest BCUT2D eigenvalue weighted by molar-refractivity contribution is 0.414. The Hall–Kier alpha value is -10.4. The monoisotopic (exact) mass is 1100 g/mol. The van der Waals surface area contributed by atoms with Gasteiger partial charge in [0.25, 0.3) is 0 Å². The average Bonchev–Trinajstić information content (AvgIpc) is 2.23. The predicted octanol–water partition coefficient (Wildman–Crippen LogP) is 18.4. The highest BCUT2D eigenvalue weighted by atomic mass is 16.5. The first-order chi connectivity index (χ1) is 41.6. The van der Waals surface area contributed by atoms with E-state index in [2.05, 4.69) is 287 Å². The normalized spacial score (nSPS) is 14.7. The maximum Gasteiger partial charge on any atom is 0.140 e. The molecular formula is C76H64N4O4. The van der Waals surface area contributed by atoms with Crippen LogP contribution in [0.1, 0.15) is 45.5 Å². The molecule has 2 aromatic heterocycles. The molecule has 84 heavy (non-hydrogen) atoms. The van der Waals surface area contributed by atoms with Gasteiger partial charge in [-0.3, -0.25) is 0 Å². The summed E-state index contributed by atoms with van der Waals surface area (Å²) in [5, 5.41) is 0. The van der Waals surface area contributed by atoms with Crippen molar-refractivity contribution in [3.63, 3.8) is 0 Å². The number of methoxy groups -OCH3 is 2. The van der Waals surface area contributed by atoms with E-state index in [1.54, 1.807) is 14.2 Å². The third-order valence-corrected chi connectivity index (χ3v) is 16.0. The quantitative estimate of drug-likeness (QED) is 0.120. The summed E-state index contributed by atoms with van der Waals surface area (Å²) >= 11 is 0. The van der Waals surface area contributed by atoms with E-state index >= 15 is 0 Å². The van der Waals surface area contributed by atoms with Crippen LogP contribution < -0.4 is 29.1 Å². The van der Waals surface area contributed by atoms with Gasteiger partial charge in [0, 0.05) is 80.3 Å². The van der Waals surface area contributed by atoms with Crippen LogP contribution in [0.4, 0.5) is 22.7 Å². The number of anilines is 4. The van der Waals surface area contributed by atoms with Gasteiger partial charge in [0.1, 0.15) is 34.5 Å². The molecule has 0 radical (unpaired) electrons. The Kier molecular flexibility index (Phi) is 15.3. The highest BCUT2D eigenvalue weighted by Crippen LogP contribution is 2.50. The SMILES string of the molecule is COc1ccc(N2Cc3c(-c4ccccc4)oc(-c4ccccc4)c3[C@H](c3ccccc3)N(c3ccccc3)C2)cc1.COc1ccc(N2Cc3c(-c4ccccc4)oc(-c4ccccc4)c3[C@H](c3ccccc3)N(c3ccccc3)C2)cc1. The molecule has 0 N–H and O–H groups in total. The van der Waals surface area contributed by atoms with Crippen molar-refractivity contribution in [2.45, 2.75) is 25.2 Å². The number of hydrogen-bond donors (Lipinski definition) is 0. The van der Waals surface area contributed by atoms with E-state index in [0.717, 1.165) is 79.5 Å². The zero-order valence-electron chi connectivity index (χ0n) is 47.1. The molecule has 2 aliphatic rings. The molecule has 0 unspecified atom stereocenters. The number of hydrogen-bond acceptors (Lipinski definition) is 8. The van der Waals surface area contributed by atoms with Crippen molar-refractivity contribution in [3.05, 3.63) is 325 Å². The third kappa shape index (κ3) is 10.8. The van der Waals surface area contributed by atoms with Crippen LogP contribution in [0.15, 0.2) is 300 Å². The first-order valence-corrected chi connectivity index (χ1v) is 28.6. The van der Waals surface area contributed by atoms with E-state index in [1.165, 1.54) is 33.4 Å². The number of rotatable bonds is 12. The minimum atomic E-state index is -0.0803. The second-order valence-corrected chi connectivity index (χ2v) is 21.1. The standard InChI is InChI=1S/2C38H32N2O2/c2*1-41-33-24-22-31(23-25-33)39-26-34-35(36(28-14-6-2-7-15-28)40(27-39)32-20-12-5-13-21-32)38(30-18-10-4-11-19-30)42-37(34)29-16-8-3-9-17-29/h2*2-25,36H,26-27H2,1H3/t2*36-/m00/s1. The maximum atomic E-state index is 6.98. The minimum Gasteiger partial charge on any atom is -0.497 e. The smallest absolute Gasteiger partial charge is 0.140 e. The number of furan rings is 2. The lowest BCUT2D eigenvalue weighted by Gasteiger charge is -2.36. The fraction of sp³-hybridized carbons (Fsp3) is 0.105. The zero-order chi connectivity index (χ0) is 56.6. The lowest BCUT2D eigenvalue weighted by atomic mass is 9.90. The Bertz CT molecular complexity index is 3770. The van der Waals surface area contributed by atoms with Crippen LogP contribution in [0.25, 0.3) is 45.3 Å². The van der Waals surface area contributed by atoms with Crippen LogP contribution in [0.3, 0.4) is 0 Å². The summed E-state index contributed by atoms with van der Waals surface area (Å²) in [6.45, 7) is 2.75. The second kappa shape index (κ2) is 24.3. The summed E-state index contributed by atoms with van der Waals surface area (Å²) in [7, 11) is 3.41.